The van der Waals surface area contributed by atoms with E-state index in [9.17, 15) is 14.4 Å². The summed E-state index contributed by atoms with van der Waals surface area (Å²) in [5, 5.41) is 3.09. The second-order valence-corrected chi connectivity index (χ2v) is 12.0. The first-order chi connectivity index (χ1) is 19.0. The lowest BCUT2D eigenvalue weighted by atomic mass is 9.83. The molecule has 0 bridgehead atoms. The predicted octanol–water partition coefficient (Wildman–Crippen LogP) is 2.23. The zero-order valence-electron chi connectivity index (χ0n) is 23.1. The number of ketones is 1. The molecule has 2 amide bonds. The van der Waals surface area contributed by atoms with E-state index in [4.69, 9.17) is 9.47 Å². The standard InChI is InChI=1S/C30H42N4O5/c1-38-25-18-34(27-24(35)19-39-28(25)27)30(37)26(20-6-3-2-4-7-20)31-29(36)21-10-12-23(13-11-21)33-16-14-32(15-17-33)22-8-5-9-22/h10-13,20,22,25-28H,2-9,14-19H2,1H3,(H,31,36)/t25-,26-,27+,28+/m0/s1. The molecule has 5 aliphatic rings. The van der Waals surface area contributed by atoms with Crippen LogP contribution in [-0.2, 0) is 19.1 Å². The monoisotopic (exact) mass is 538 g/mol. The van der Waals surface area contributed by atoms with Gasteiger partial charge in [0.05, 0.1) is 6.54 Å². The summed E-state index contributed by atoms with van der Waals surface area (Å²) in [6, 6.07) is 7.27. The maximum Gasteiger partial charge on any atom is 0.251 e. The minimum Gasteiger partial charge on any atom is -0.377 e. The number of methoxy groups -OCH3 is 1. The molecule has 2 aliphatic carbocycles. The lowest BCUT2D eigenvalue weighted by Gasteiger charge is -2.43. The van der Waals surface area contributed by atoms with E-state index >= 15 is 0 Å². The Labute approximate surface area is 231 Å². The van der Waals surface area contributed by atoms with E-state index in [-0.39, 0.29) is 36.2 Å². The molecule has 3 saturated heterocycles. The number of rotatable bonds is 7. The number of hydrogen-bond acceptors (Lipinski definition) is 7. The molecule has 4 atom stereocenters. The van der Waals surface area contributed by atoms with Crippen molar-refractivity contribution in [2.24, 2.45) is 5.92 Å². The van der Waals surface area contributed by atoms with Gasteiger partial charge in [-0.05, 0) is 55.9 Å². The average Bonchev–Trinajstić information content (AvgIpc) is 3.51. The molecule has 0 radical (unpaired) electrons. The fraction of sp³-hybridized carbons (Fsp3) is 0.700. The third-order valence-electron chi connectivity index (χ3n) is 9.80. The molecular formula is C30H42N4O5. The first-order valence-corrected chi connectivity index (χ1v) is 14.9. The summed E-state index contributed by atoms with van der Waals surface area (Å²) in [5.41, 5.74) is 1.68. The number of carbonyl (C=O) groups excluding carboxylic acids is 3. The lowest BCUT2D eigenvalue weighted by Crippen LogP contribution is -2.55. The molecule has 3 heterocycles. The van der Waals surface area contributed by atoms with E-state index in [0.29, 0.717) is 12.1 Å². The van der Waals surface area contributed by atoms with E-state index in [1.165, 1.54) is 19.3 Å². The molecule has 2 saturated carbocycles. The summed E-state index contributed by atoms with van der Waals surface area (Å²) in [6.45, 7) is 4.49. The largest absolute Gasteiger partial charge is 0.377 e. The van der Waals surface area contributed by atoms with Crippen LogP contribution in [0.15, 0.2) is 24.3 Å². The number of Topliss-reactive ketones (excluding diaryl/α,β-unsaturated/α-hetero) is 1. The van der Waals surface area contributed by atoms with Gasteiger partial charge in [-0.2, -0.15) is 0 Å². The third kappa shape index (κ3) is 5.33. The highest BCUT2D eigenvalue weighted by Gasteiger charge is 2.54. The Morgan fingerprint density at radius 3 is 2.33 bits per heavy atom. The number of nitrogens with zero attached hydrogens (tertiary/aromatic N) is 3. The number of anilines is 1. The minimum absolute atomic E-state index is 0.00140. The highest BCUT2D eigenvalue weighted by Crippen LogP contribution is 2.33. The number of piperazine rings is 1. The van der Waals surface area contributed by atoms with Gasteiger partial charge in [0, 0.05) is 50.6 Å². The Bertz CT molecular complexity index is 1050. The first kappa shape index (κ1) is 26.7. The molecular weight excluding hydrogens is 496 g/mol. The Balaban J connectivity index is 1.13. The number of fused-ring (bicyclic) bond motifs is 1. The summed E-state index contributed by atoms with van der Waals surface area (Å²) in [4.78, 5) is 46.7. The number of carbonyl (C=O) groups is 3. The summed E-state index contributed by atoms with van der Waals surface area (Å²) in [6.07, 6.45) is 8.28. The van der Waals surface area contributed by atoms with Crippen LogP contribution in [0.25, 0.3) is 0 Å². The number of ether oxygens (including phenoxy) is 2. The molecule has 0 unspecified atom stereocenters. The molecule has 6 rings (SSSR count). The van der Waals surface area contributed by atoms with Crippen molar-refractivity contribution in [1.29, 1.82) is 0 Å². The summed E-state index contributed by atoms with van der Waals surface area (Å²) >= 11 is 0. The van der Waals surface area contributed by atoms with Gasteiger partial charge >= 0.3 is 0 Å². The average molecular weight is 539 g/mol. The molecule has 9 heteroatoms. The van der Waals surface area contributed by atoms with E-state index in [2.05, 4.69) is 15.1 Å². The van der Waals surface area contributed by atoms with Crippen LogP contribution in [0.1, 0.15) is 61.7 Å². The maximum atomic E-state index is 14.0. The lowest BCUT2D eigenvalue weighted by molar-refractivity contribution is -0.139. The van der Waals surface area contributed by atoms with E-state index in [0.717, 1.165) is 70.0 Å². The molecule has 1 N–H and O–H groups in total. The first-order valence-electron chi connectivity index (χ1n) is 14.9. The molecule has 5 fully saturated rings. The number of likely N-dealkylation sites (tertiary alicyclic amines) is 1. The van der Waals surface area contributed by atoms with Crippen LogP contribution in [0, 0.1) is 5.92 Å². The smallest absolute Gasteiger partial charge is 0.251 e. The Morgan fingerprint density at radius 1 is 0.974 bits per heavy atom. The minimum atomic E-state index is -0.665. The topological polar surface area (TPSA) is 91.4 Å². The second kappa shape index (κ2) is 11.6. The summed E-state index contributed by atoms with van der Waals surface area (Å²) in [7, 11) is 1.58. The van der Waals surface area contributed by atoms with Crippen molar-refractivity contribution in [3.05, 3.63) is 29.8 Å². The van der Waals surface area contributed by atoms with E-state index in [1.807, 2.05) is 24.3 Å². The normalized spacial score (nSPS) is 29.3. The molecule has 9 nitrogen and oxygen atoms in total. The van der Waals surface area contributed by atoms with Crippen LogP contribution in [0.5, 0.6) is 0 Å². The Kier molecular flexibility index (Phi) is 7.91. The van der Waals surface area contributed by atoms with Crippen molar-refractivity contribution >= 4 is 23.3 Å². The van der Waals surface area contributed by atoms with Crippen molar-refractivity contribution in [2.75, 3.05) is 51.3 Å². The van der Waals surface area contributed by atoms with Crippen LogP contribution < -0.4 is 10.2 Å². The van der Waals surface area contributed by atoms with Crippen LogP contribution in [-0.4, -0.2) is 104 Å². The van der Waals surface area contributed by atoms with Gasteiger partial charge in [0.15, 0.2) is 5.78 Å². The highest BCUT2D eigenvalue weighted by molar-refractivity contribution is 5.99. The quantitative estimate of drug-likeness (QED) is 0.569. The Hall–Kier alpha value is -2.49. The molecule has 3 aliphatic heterocycles. The van der Waals surface area contributed by atoms with Crippen molar-refractivity contribution in [3.63, 3.8) is 0 Å². The Morgan fingerprint density at radius 2 is 1.69 bits per heavy atom. The van der Waals surface area contributed by atoms with Gasteiger partial charge in [0.1, 0.15) is 30.9 Å². The summed E-state index contributed by atoms with van der Waals surface area (Å²) < 4.78 is 11.2. The molecule has 39 heavy (non-hydrogen) atoms. The van der Waals surface area contributed by atoms with Gasteiger partial charge < -0.3 is 24.6 Å². The van der Waals surface area contributed by atoms with Crippen LogP contribution in [0.4, 0.5) is 5.69 Å². The fourth-order valence-corrected chi connectivity index (χ4v) is 7.22. The van der Waals surface area contributed by atoms with Crippen LogP contribution in [0.2, 0.25) is 0 Å². The van der Waals surface area contributed by atoms with Gasteiger partial charge in [0.25, 0.3) is 5.91 Å². The van der Waals surface area contributed by atoms with Gasteiger partial charge in [-0.15, -0.1) is 0 Å². The van der Waals surface area contributed by atoms with Gasteiger partial charge in [-0.1, -0.05) is 25.7 Å². The maximum absolute atomic E-state index is 14.0. The zero-order valence-corrected chi connectivity index (χ0v) is 23.1. The third-order valence-corrected chi connectivity index (χ3v) is 9.80. The molecule has 0 aromatic heterocycles. The van der Waals surface area contributed by atoms with Crippen molar-refractivity contribution in [1.82, 2.24) is 15.1 Å². The zero-order chi connectivity index (χ0) is 26.9. The molecule has 1 aromatic rings. The van der Waals surface area contributed by atoms with E-state index < -0.39 is 18.2 Å². The van der Waals surface area contributed by atoms with Gasteiger partial charge in [-0.3, -0.25) is 19.3 Å². The fourth-order valence-electron chi connectivity index (χ4n) is 7.22. The number of hydrogen-bond donors (Lipinski definition) is 1. The SMILES string of the molecule is CO[C@H]1CN(C(=O)[C@@H](NC(=O)c2ccc(N3CCN(C4CCC4)CC3)cc2)C2CCCCC2)[C@@H]2C(=O)CO[C@H]12. The molecule has 212 valence electrons. The predicted molar refractivity (Wildman–Crippen MR) is 147 cm³/mol. The summed E-state index contributed by atoms with van der Waals surface area (Å²) in [5.74, 6) is -0.470. The number of amides is 2. The highest BCUT2D eigenvalue weighted by atomic mass is 16.5. The van der Waals surface area contributed by atoms with Crippen molar-refractivity contribution in [3.8, 4) is 0 Å². The molecule has 1 aromatic carbocycles. The number of benzene rings is 1. The molecule has 0 spiro atoms. The van der Waals surface area contributed by atoms with Gasteiger partial charge in [-0.25, -0.2) is 0 Å². The van der Waals surface area contributed by atoms with Gasteiger partial charge in [0.2, 0.25) is 5.91 Å². The number of nitrogens with one attached hydrogen (secondary N) is 1. The van der Waals surface area contributed by atoms with Crippen molar-refractivity contribution < 1.29 is 23.9 Å². The van der Waals surface area contributed by atoms with Crippen LogP contribution >= 0.6 is 0 Å². The van der Waals surface area contributed by atoms with Crippen molar-refractivity contribution in [2.45, 2.75) is 81.7 Å². The van der Waals surface area contributed by atoms with E-state index in [1.54, 1.807) is 12.0 Å². The van der Waals surface area contributed by atoms with Crippen LogP contribution in [0.3, 0.4) is 0 Å². The second-order valence-electron chi connectivity index (χ2n) is 12.0.